The Hall–Kier alpha value is -2.42. The van der Waals surface area contributed by atoms with Crippen LogP contribution >= 0.6 is 0 Å². The summed E-state index contributed by atoms with van der Waals surface area (Å²) >= 11 is 0. The molecule has 6 heteroatoms. The first-order valence-corrected chi connectivity index (χ1v) is 5.32. The van der Waals surface area contributed by atoms with Crippen LogP contribution in [0.2, 0.25) is 0 Å². The van der Waals surface area contributed by atoms with Crippen LogP contribution in [0.4, 0.5) is 0 Å². The Bertz CT molecular complexity index is 453. The van der Waals surface area contributed by atoms with Gasteiger partial charge in [0.15, 0.2) is 0 Å². The number of pyridine rings is 1. The number of ether oxygens (including phenoxy) is 1. The third kappa shape index (κ3) is 3.87. The zero-order valence-corrected chi connectivity index (χ0v) is 10.00. The molecule has 1 amide bonds. The third-order valence-electron chi connectivity index (χ3n) is 2.24. The number of rotatable bonds is 4. The Morgan fingerprint density at radius 2 is 2.33 bits per heavy atom. The lowest BCUT2D eigenvalue weighted by atomic mass is 10.2. The molecule has 0 saturated heterocycles. The summed E-state index contributed by atoms with van der Waals surface area (Å²) in [5, 5.41) is 8.54. The molecule has 0 saturated carbocycles. The minimum atomic E-state index is -0.933. The highest BCUT2D eigenvalue weighted by Crippen LogP contribution is 2.04. The van der Waals surface area contributed by atoms with Crippen molar-refractivity contribution in [3.8, 4) is 6.07 Å². The first kappa shape index (κ1) is 13.6. The van der Waals surface area contributed by atoms with Gasteiger partial charge in [-0.3, -0.25) is 9.78 Å². The standard InChI is InChI=1S/C12H13N3O3/c1-18-12(17)11(16)15(7-3-5-13)9-10-4-2-6-14-8-10/h2,4,6,8H,3,7,9H2,1H3. The molecular formula is C12H13N3O3. The van der Waals surface area contributed by atoms with E-state index in [2.05, 4.69) is 9.72 Å². The van der Waals surface area contributed by atoms with E-state index in [1.54, 1.807) is 24.5 Å². The zero-order valence-electron chi connectivity index (χ0n) is 10.00. The molecule has 0 atom stereocenters. The number of carbonyl (C=O) groups excluding carboxylic acids is 2. The number of hydrogen-bond donors (Lipinski definition) is 0. The van der Waals surface area contributed by atoms with Crippen molar-refractivity contribution in [2.24, 2.45) is 0 Å². The number of carbonyl (C=O) groups is 2. The number of hydrogen-bond acceptors (Lipinski definition) is 5. The van der Waals surface area contributed by atoms with Crippen LogP contribution in [0.25, 0.3) is 0 Å². The number of esters is 1. The predicted molar refractivity (Wildman–Crippen MR) is 61.9 cm³/mol. The molecule has 1 rings (SSSR count). The summed E-state index contributed by atoms with van der Waals surface area (Å²) in [6.07, 6.45) is 3.37. The zero-order chi connectivity index (χ0) is 13.4. The SMILES string of the molecule is COC(=O)C(=O)N(CCC#N)Cc1cccnc1. The number of nitrogens with zero attached hydrogens (tertiary/aromatic N) is 3. The van der Waals surface area contributed by atoms with Gasteiger partial charge in [-0.1, -0.05) is 6.07 Å². The lowest BCUT2D eigenvalue weighted by Crippen LogP contribution is -2.37. The van der Waals surface area contributed by atoms with Crippen LogP contribution < -0.4 is 0 Å². The van der Waals surface area contributed by atoms with E-state index in [-0.39, 0.29) is 19.5 Å². The van der Waals surface area contributed by atoms with Gasteiger partial charge in [-0.15, -0.1) is 0 Å². The molecule has 0 N–H and O–H groups in total. The highest BCUT2D eigenvalue weighted by molar-refractivity contribution is 6.32. The van der Waals surface area contributed by atoms with Gasteiger partial charge in [0.2, 0.25) is 0 Å². The predicted octanol–water partition coefficient (Wildman–Crippen LogP) is 0.497. The summed E-state index contributed by atoms with van der Waals surface area (Å²) in [5.74, 6) is -1.69. The monoisotopic (exact) mass is 247 g/mol. The normalized spacial score (nSPS) is 9.33. The van der Waals surface area contributed by atoms with Crippen LogP contribution in [0.1, 0.15) is 12.0 Å². The van der Waals surface area contributed by atoms with E-state index in [0.29, 0.717) is 0 Å². The number of methoxy groups -OCH3 is 1. The molecule has 18 heavy (non-hydrogen) atoms. The number of nitriles is 1. The van der Waals surface area contributed by atoms with Gasteiger partial charge in [0.05, 0.1) is 19.6 Å². The molecule has 1 aromatic rings. The Balaban J connectivity index is 2.76. The maximum Gasteiger partial charge on any atom is 0.396 e. The maximum atomic E-state index is 11.7. The van der Waals surface area contributed by atoms with E-state index >= 15 is 0 Å². The van der Waals surface area contributed by atoms with Crippen molar-refractivity contribution < 1.29 is 14.3 Å². The second-order valence-electron chi connectivity index (χ2n) is 3.49. The van der Waals surface area contributed by atoms with Crippen molar-refractivity contribution in [1.82, 2.24) is 9.88 Å². The second-order valence-corrected chi connectivity index (χ2v) is 3.49. The van der Waals surface area contributed by atoms with Crippen molar-refractivity contribution in [1.29, 1.82) is 5.26 Å². The number of amides is 1. The van der Waals surface area contributed by atoms with Crippen LogP contribution in [-0.4, -0.2) is 35.4 Å². The van der Waals surface area contributed by atoms with Crippen LogP contribution in [0.15, 0.2) is 24.5 Å². The first-order chi connectivity index (χ1) is 8.69. The van der Waals surface area contributed by atoms with Crippen LogP contribution in [-0.2, 0) is 20.9 Å². The maximum absolute atomic E-state index is 11.7. The van der Waals surface area contributed by atoms with Crippen molar-refractivity contribution in [3.05, 3.63) is 30.1 Å². The molecule has 0 bridgehead atoms. The molecule has 1 heterocycles. The van der Waals surface area contributed by atoms with E-state index in [4.69, 9.17) is 5.26 Å². The Labute approximate surface area is 105 Å². The summed E-state index contributed by atoms with van der Waals surface area (Å²) in [5.41, 5.74) is 0.785. The van der Waals surface area contributed by atoms with Gasteiger partial charge in [-0.25, -0.2) is 4.79 Å². The minimum absolute atomic E-state index is 0.156. The Kier molecular flexibility index (Phi) is 5.32. The second kappa shape index (κ2) is 7.01. The van der Waals surface area contributed by atoms with Crippen molar-refractivity contribution in [3.63, 3.8) is 0 Å². The van der Waals surface area contributed by atoms with Crippen LogP contribution in [0, 0.1) is 11.3 Å². The van der Waals surface area contributed by atoms with E-state index in [1.807, 2.05) is 6.07 Å². The van der Waals surface area contributed by atoms with Gasteiger partial charge in [-0.2, -0.15) is 5.26 Å². The molecule has 6 nitrogen and oxygen atoms in total. The molecule has 0 fully saturated rings. The molecule has 0 aromatic carbocycles. The molecule has 0 spiro atoms. The first-order valence-electron chi connectivity index (χ1n) is 5.32. The molecule has 0 unspecified atom stereocenters. The molecule has 1 aromatic heterocycles. The van der Waals surface area contributed by atoms with E-state index in [1.165, 1.54) is 4.90 Å². The lowest BCUT2D eigenvalue weighted by Gasteiger charge is -2.19. The van der Waals surface area contributed by atoms with E-state index in [9.17, 15) is 9.59 Å². The quantitative estimate of drug-likeness (QED) is 0.571. The topological polar surface area (TPSA) is 83.3 Å². The minimum Gasteiger partial charge on any atom is -0.462 e. The molecule has 0 aliphatic carbocycles. The van der Waals surface area contributed by atoms with Gasteiger partial charge in [0.25, 0.3) is 0 Å². The molecule has 94 valence electrons. The van der Waals surface area contributed by atoms with Crippen LogP contribution in [0.3, 0.4) is 0 Å². The van der Waals surface area contributed by atoms with E-state index in [0.717, 1.165) is 12.7 Å². The fourth-order valence-electron chi connectivity index (χ4n) is 1.37. The average molecular weight is 247 g/mol. The number of aromatic nitrogens is 1. The van der Waals surface area contributed by atoms with Crippen molar-refractivity contribution in [2.75, 3.05) is 13.7 Å². The average Bonchev–Trinajstić information content (AvgIpc) is 2.42. The van der Waals surface area contributed by atoms with Gasteiger partial charge in [-0.05, 0) is 11.6 Å². The summed E-state index contributed by atoms with van der Waals surface area (Å²) in [4.78, 5) is 28.1. The fraction of sp³-hybridized carbons (Fsp3) is 0.333. The van der Waals surface area contributed by atoms with Crippen LogP contribution in [0.5, 0.6) is 0 Å². The highest BCUT2D eigenvalue weighted by Gasteiger charge is 2.22. The molecule has 0 aliphatic heterocycles. The fourth-order valence-corrected chi connectivity index (χ4v) is 1.37. The summed E-state index contributed by atoms with van der Waals surface area (Å²) < 4.78 is 4.38. The summed E-state index contributed by atoms with van der Waals surface area (Å²) in [6.45, 7) is 0.406. The largest absolute Gasteiger partial charge is 0.462 e. The highest BCUT2D eigenvalue weighted by atomic mass is 16.5. The van der Waals surface area contributed by atoms with Crippen molar-refractivity contribution >= 4 is 11.9 Å². The third-order valence-corrected chi connectivity index (χ3v) is 2.24. The van der Waals surface area contributed by atoms with Gasteiger partial charge < -0.3 is 9.64 Å². The van der Waals surface area contributed by atoms with Crippen molar-refractivity contribution in [2.45, 2.75) is 13.0 Å². The van der Waals surface area contributed by atoms with Gasteiger partial charge in [0.1, 0.15) is 0 Å². The summed E-state index contributed by atoms with van der Waals surface area (Å²) in [7, 11) is 1.15. The van der Waals surface area contributed by atoms with Gasteiger partial charge in [0, 0.05) is 25.5 Å². The lowest BCUT2D eigenvalue weighted by molar-refractivity contribution is -0.158. The Morgan fingerprint density at radius 3 is 2.89 bits per heavy atom. The molecule has 0 aliphatic rings. The van der Waals surface area contributed by atoms with Gasteiger partial charge >= 0.3 is 11.9 Å². The summed E-state index contributed by atoms with van der Waals surface area (Å²) in [6, 6.07) is 5.46. The molecule has 0 radical (unpaired) electrons. The molecular weight excluding hydrogens is 234 g/mol. The Morgan fingerprint density at radius 1 is 1.56 bits per heavy atom. The smallest absolute Gasteiger partial charge is 0.396 e. The van der Waals surface area contributed by atoms with E-state index < -0.39 is 11.9 Å².